The van der Waals surface area contributed by atoms with Crippen LogP contribution in [0.25, 0.3) is 0 Å². The summed E-state index contributed by atoms with van der Waals surface area (Å²) < 4.78 is 0. The molecule has 1 heterocycles. The molecule has 1 aromatic heterocycles. The summed E-state index contributed by atoms with van der Waals surface area (Å²) in [5.74, 6) is 0. The molecule has 0 aliphatic carbocycles. The first-order chi connectivity index (χ1) is 8.66. The van der Waals surface area contributed by atoms with Gasteiger partial charge in [-0.15, -0.1) is 11.3 Å². The summed E-state index contributed by atoms with van der Waals surface area (Å²) in [6, 6.07) is 6.66. The number of non-ortho nitro benzene ring substituents is 1. The molecule has 0 spiro atoms. The van der Waals surface area contributed by atoms with Crippen molar-refractivity contribution in [3.05, 3.63) is 56.0 Å². The molecule has 0 saturated heterocycles. The van der Waals surface area contributed by atoms with Crippen LogP contribution in [0.3, 0.4) is 0 Å². The lowest BCUT2D eigenvalue weighted by Gasteiger charge is -2.03. The van der Waals surface area contributed by atoms with E-state index in [0.717, 1.165) is 17.8 Å². The minimum atomic E-state index is -0.378. The van der Waals surface area contributed by atoms with Gasteiger partial charge in [-0.05, 0) is 12.5 Å². The molecule has 18 heavy (non-hydrogen) atoms. The molecule has 0 aliphatic heterocycles. The maximum atomic E-state index is 10.6. The molecule has 0 saturated carbocycles. The van der Waals surface area contributed by atoms with Crippen molar-refractivity contribution in [3.8, 4) is 0 Å². The van der Waals surface area contributed by atoms with Crippen LogP contribution in [-0.2, 0) is 13.1 Å². The van der Waals surface area contributed by atoms with Crippen molar-refractivity contribution in [1.82, 2.24) is 10.3 Å². The number of aromatic nitrogens is 1. The third kappa shape index (κ3) is 3.12. The van der Waals surface area contributed by atoms with Gasteiger partial charge in [0.1, 0.15) is 0 Å². The van der Waals surface area contributed by atoms with Crippen molar-refractivity contribution < 1.29 is 4.92 Å². The van der Waals surface area contributed by atoms with Crippen LogP contribution in [0.15, 0.2) is 29.8 Å². The van der Waals surface area contributed by atoms with E-state index in [2.05, 4.69) is 10.3 Å². The van der Waals surface area contributed by atoms with Gasteiger partial charge in [-0.2, -0.15) is 0 Å². The van der Waals surface area contributed by atoms with Crippen LogP contribution < -0.4 is 5.32 Å². The maximum absolute atomic E-state index is 10.6. The van der Waals surface area contributed by atoms with E-state index in [-0.39, 0.29) is 10.6 Å². The number of benzene rings is 1. The summed E-state index contributed by atoms with van der Waals surface area (Å²) in [7, 11) is 0. The molecule has 1 aromatic carbocycles. The standard InChI is InChI=1S/C12H13N3O2S/c1-9-12(18-8-14-9)7-13-6-10-3-2-4-11(5-10)15(16)17/h2-5,8,13H,6-7H2,1H3. The van der Waals surface area contributed by atoms with Crippen LogP contribution in [0.4, 0.5) is 5.69 Å². The Kier molecular flexibility index (Phi) is 4.01. The molecule has 2 rings (SSSR count). The molecule has 5 nitrogen and oxygen atoms in total. The minimum absolute atomic E-state index is 0.128. The number of rotatable bonds is 5. The van der Waals surface area contributed by atoms with E-state index >= 15 is 0 Å². The SMILES string of the molecule is Cc1ncsc1CNCc1cccc([N+](=O)[O-])c1. The van der Waals surface area contributed by atoms with Crippen LogP contribution in [0, 0.1) is 17.0 Å². The smallest absolute Gasteiger partial charge is 0.269 e. The summed E-state index contributed by atoms with van der Waals surface area (Å²) in [5.41, 5.74) is 3.89. The first-order valence-electron chi connectivity index (χ1n) is 5.50. The lowest BCUT2D eigenvalue weighted by atomic mass is 10.2. The van der Waals surface area contributed by atoms with Gasteiger partial charge < -0.3 is 5.32 Å². The Morgan fingerprint density at radius 2 is 2.28 bits per heavy atom. The average Bonchev–Trinajstić information content (AvgIpc) is 2.76. The Hall–Kier alpha value is -1.79. The summed E-state index contributed by atoms with van der Waals surface area (Å²) in [4.78, 5) is 15.6. The molecule has 0 radical (unpaired) electrons. The van der Waals surface area contributed by atoms with Crippen LogP contribution in [0.1, 0.15) is 16.1 Å². The molecule has 0 bridgehead atoms. The van der Waals surface area contributed by atoms with E-state index in [9.17, 15) is 10.1 Å². The van der Waals surface area contributed by atoms with Gasteiger partial charge in [-0.25, -0.2) is 4.98 Å². The van der Waals surface area contributed by atoms with E-state index in [1.165, 1.54) is 10.9 Å². The quantitative estimate of drug-likeness (QED) is 0.665. The molecule has 6 heteroatoms. The van der Waals surface area contributed by atoms with E-state index in [1.807, 2.05) is 18.5 Å². The molecule has 0 amide bonds. The maximum Gasteiger partial charge on any atom is 0.269 e. The number of hydrogen-bond acceptors (Lipinski definition) is 5. The fraction of sp³-hybridized carbons (Fsp3) is 0.250. The van der Waals surface area contributed by atoms with Crippen LogP contribution in [0.2, 0.25) is 0 Å². The van der Waals surface area contributed by atoms with E-state index in [4.69, 9.17) is 0 Å². The first kappa shape index (κ1) is 12.7. The highest BCUT2D eigenvalue weighted by Crippen LogP contribution is 2.14. The minimum Gasteiger partial charge on any atom is -0.308 e. The lowest BCUT2D eigenvalue weighted by molar-refractivity contribution is -0.384. The number of nitrogens with zero attached hydrogens (tertiary/aromatic N) is 2. The van der Waals surface area contributed by atoms with Gasteiger partial charge in [0.15, 0.2) is 0 Å². The van der Waals surface area contributed by atoms with Crippen LogP contribution in [-0.4, -0.2) is 9.91 Å². The third-order valence-electron chi connectivity index (χ3n) is 2.58. The third-order valence-corrected chi connectivity index (χ3v) is 3.52. The Morgan fingerprint density at radius 3 is 2.94 bits per heavy atom. The Balaban J connectivity index is 1.92. The highest BCUT2D eigenvalue weighted by molar-refractivity contribution is 7.09. The topological polar surface area (TPSA) is 68.1 Å². The predicted molar refractivity (Wildman–Crippen MR) is 70.5 cm³/mol. The number of hydrogen-bond donors (Lipinski definition) is 1. The Bertz CT molecular complexity index is 554. The highest BCUT2D eigenvalue weighted by Gasteiger charge is 2.05. The van der Waals surface area contributed by atoms with Crippen LogP contribution >= 0.6 is 11.3 Å². The van der Waals surface area contributed by atoms with Gasteiger partial charge in [0.2, 0.25) is 0 Å². The largest absolute Gasteiger partial charge is 0.308 e. The molecular weight excluding hydrogens is 250 g/mol. The van der Waals surface area contributed by atoms with Crippen molar-refractivity contribution in [2.24, 2.45) is 0 Å². The molecule has 0 atom stereocenters. The van der Waals surface area contributed by atoms with Crippen molar-refractivity contribution in [3.63, 3.8) is 0 Å². The Labute approximate surface area is 109 Å². The highest BCUT2D eigenvalue weighted by atomic mass is 32.1. The number of thiazole rings is 1. The number of aryl methyl sites for hydroxylation is 1. The summed E-state index contributed by atoms with van der Waals surface area (Å²) in [6.45, 7) is 3.32. The molecule has 0 fully saturated rings. The zero-order valence-electron chi connectivity index (χ0n) is 9.92. The van der Waals surface area contributed by atoms with Gasteiger partial charge in [-0.1, -0.05) is 12.1 Å². The Morgan fingerprint density at radius 1 is 1.44 bits per heavy atom. The second kappa shape index (κ2) is 5.70. The fourth-order valence-electron chi connectivity index (χ4n) is 1.60. The zero-order valence-corrected chi connectivity index (χ0v) is 10.7. The summed E-state index contributed by atoms with van der Waals surface area (Å²) in [6.07, 6.45) is 0. The second-order valence-corrected chi connectivity index (χ2v) is 4.83. The molecular formula is C12H13N3O2S. The van der Waals surface area contributed by atoms with Crippen LogP contribution in [0.5, 0.6) is 0 Å². The van der Waals surface area contributed by atoms with E-state index in [1.54, 1.807) is 23.5 Å². The van der Waals surface area contributed by atoms with E-state index < -0.39 is 0 Å². The lowest BCUT2D eigenvalue weighted by Crippen LogP contribution is -2.12. The van der Waals surface area contributed by atoms with Gasteiger partial charge in [-0.3, -0.25) is 10.1 Å². The van der Waals surface area contributed by atoms with E-state index in [0.29, 0.717) is 6.54 Å². The molecule has 94 valence electrons. The number of nitrogens with one attached hydrogen (secondary N) is 1. The van der Waals surface area contributed by atoms with Crippen molar-refractivity contribution in [1.29, 1.82) is 0 Å². The van der Waals surface area contributed by atoms with Gasteiger partial charge in [0.25, 0.3) is 5.69 Å². The molecule has 0 aliphatic rings. The monoisotopic (exact) mass is 263 g/mol. The average molecular weight is 263 g/mol. The molecule has 1 N–H and O–H groups in total. The second-order valence-electron chi connectivity index (χ2n) is 3.89. The molecule has 0 unspecified atom stereocenters. The number of nitro benzene ring substituents is 1. The fourth-order valence-corrected chi connectivity index (χ4v) is 2.34. The molecule has 2 aromatic rings. The van der Waals surface area contributed by atoms with Gasteiger partial charge in [0, 0.05) is 30.1 Å². The predicted octanol–water partition coefficient (Wildman–Crippen LogP) is 2.65. The number of nitro groups is 1. The van der Waals surface area contributed by atoms with Crippen molar-refractivity contribution >= 4 is 17.0 Å². The van der Waals surface area contributed by atoms with Crippen molar-refractivity contribution in [2.75, 3.05) is 0 Å². The van der Waals surface area contributed by atoms with Gasteiger partial charge >= 0.3 is 0 Å². The summed E-state index contributed by atoms with van der Waals surface area (Å²) >= 11 is 1.61. The zero-order chi connectivity index (χ0) is 13.0. The summed E-state index contributed by atoms with van der Waals surface area (Å²) in [5, 5.41) is 13.9. The normalized spacial score (nSPS) is 10.5. The first-order valence-corrected chi connectivity index (χ1v) is 6.38. The van der Waals surface area contributed by atoms with Gasteiger partial charge in [0.05, 0.1) is 16.1 Å². The van der Waals surface area contributed by atoms with Crippen molar-refractivity contribution in [2.45, 2.75) is 20.0 Å².